The number of nitrogens with zero attached hydrogens (tertiary/aromatic N) is 2. The SMILES string of the molecule is COc1cc(OC)c(F)c(-c2ccc3c(C(=O)Nc4ccc(N5CCNC(C)(C)C5)cc4)n[nH]c3c2)c1F. The first-order chi connectivity index (χ1) is 18.2. The number of nitrogens with one attached hydrogen (secondary N) is 3. The van der Waals surface area contributed by atoms with E-state index >= 15 is 0 Å². The summed E-state index contributed by atoms with van der Waals surface area (Å²) in [6.07, 6.45) is 0. The minimum Gasteiger partial charge on any atom is -0.494 e. The summed E-state index contributed by atoms with van der Waals surface area (Å²) >= 11 is 0. The Hall–Kier alpha value is -4.18. The molecule has 1 saturated heterocycles. The lowest BCUT2D eigenvalue weighted by Gasteiger charge is -2.40. The molecular weight excluding hydrogens is 492 g/mol. The standard InChI is InChI=1S/C28H29F2N5O3/c1-28(2)15-35(12-11-31-28)18-8-6-17(7-9-18)32-27(36)26-19-10-5-16(13-20(19)33-34-26)23-24(29)21(37-3)14-22(38-4)25(23)30/h5-10,13-14,31H,11-12,15H2,1-4H3,(H,32,36)(H,33,34). The number of fused-ring (bicyclic) bond motifs is 1. The number of H-pyrrole nitrogens is 1. The van der Waals surface area contributed by atoms with Gasteiger partial charge in [-0.2, -0.15) is 5.10 Å². The van der Waals surface area contributed by atoms with Crippen molar-refractivity contribution in [2.45, 2.75) is 19.4 Å². The highest BCUT2D eigenvalue weighted by Crippen LogP contribution is 2.38. The number of piperazine rings is 1. The summed E-state index contributed by atoms with van der Waals surface area (Å²) in [5, 5.41) is 13.8. The van der Waals surface area contributed by atoms with Gasteiger partial charge in [-0.25, -0.2) is 8.78 Å². The molecular formula is C28H29F2N5O3. The van der Waals surface area contributed by atoms with Gasteiger partial charge >= 0.3 is 0 Å². The molecule has 198 valence electrons. The van der Waals surface area contributed by atoms with Crippen LogP contribution >= 0.6 is 0 Å². The van der Waals surface area contributed by atoms with Crippen LogP contribution in [0.1, 0.15) is 24.3 Å². The summed E-state index contributed by atoms with van der Waals surface area (Å²) < 4.78 is 40.0. The Kier molecular flexibility index (Phi) is 6.66. The Morgan fingerprint density at radius 2 is 1.71 bits per heavy atom. The van der Waals surface area contributed by atoms with Gasteiger partial charge in [0.05, 0.1) is 25.3 Å². The molecule has 10 heteroatoms. The molecule has 8 nitrogen and oxygen atoms in total. The number of halogens is 2. The zero-order valence-electron chi connectivity index (χ0n) is 21.6. The van der Waals surface area contributed by atoms with E-state index in [4.69, 9.17) is 9.47 Å². The van der Waals surface area contributed by atoms with Gasteiger partial charge in [-0.1, -0.05) is 6.07 Å². The fraction of sp³-hybridized carbons (Fsp3) is 0.286. The van der Waals surface area contributed by atoms with Gasteiger partial charge in [-0.05, 0) is 55.8 Å². The lowest BCUT2D eigenvalue weighted by molar-refractivity contribution is 0.102. The van der Waals surface area contributed by atoms with Gasteiger partial charge in [0, 0.05) is 48.0 Å². The molecule has 4 aromatic rings. The number of aromatic amines is 1. The maximum atomic E-state index is 15.0. The second kappa shape index (κ2) is 9.94. The molecule has 1 fully saturated rings. The van der Waals surface area contributed by atoms with E-state index in [-0.39, 0.29) is 33.9 Å². The second-order valence-corrected chi connectivity index (χ2v) is 9.85. The Balaban J connectivity index is 1.38. The molecule has 3 aromatic carbocycles. The smallest absolute Gasteiger partial charge is 0.276 e. The Morgan fingerprint density at radius 3 is 2.34 bits per heavy atom. The number of carbonyl (C=O) groups is 1. The van der Waals surface area contributed by atoms with Gasteiger partial charge < -0.3 is 25.0 Å². The van der Waals surface area contributed by atoms with E-state index in [2.05, 4.69) is 39.6 Å². The lowest BCUT2D eigenvalue weighted by atomic mass is 10.0. The molecule has 2 heterocycles. The predicted octanol–water partition coefficient (Wildman–Crippen LogP) is 4.97. The van der Waals surface area contributed by atoms with Crippen LogP contribution in [0.25, 0.3) is 22.0 Å². The third-order valence-electron chi connectivity index (χ3n) is 6.70. The number of carbonyl (C=O) groups excluding carboxylic acids is 1. The number of ether oxygens (including phenoxy) is 2. The van der Waals surface area contributed by atoms with Gasteiger partial charge in [-0.3, -0.25) is 9.89 Å². The highest BCUT2D eigenvalue weighted by Gasteiger charge is 2.26. The molecule has 0 saturated carbocycles. The fourth-order valence-electron chi connectivity index (χ4n) is 4.79. The third kappa shape index (κ3) is 4.74. The van der Waals surface area contributed by atoms with Crippen molar-refractivity contribution >= 4 is 28.2 Å². The van der Waals surface area contributed by atoms with Crippen LogP contribution in [0.4, 0.5) is 20.2 Å². The van der Waals surface area contributed by atoms with Crippen LogP contribution in [-0.2, 0) is 0 Å². The molecule has 1 aromatic heterocycles. The van der Waals surface area contributed by atoms with Crippen molar-refractivity contribution in [3.8, 4) is 22.6 Å². The van der Waals surface area contributed by atoms with Crippen LogP contribution in [0, 0.1) is 11.6 Å². The van der Waals surface area contributed by atoms with Gasteiger partial charge in [0.25, 0.3) is 5.91 Å². The molecule has 1 amide bonds. The van der Waals surface area contributed by atoms with Crippen molar-refractivity contribution in [2.24, 2.45) is 0 Å². The Morgan fingerprint density at radius 1 is 1.03 bits per heavy atom. The molecule has 1 aliphatic rings. The van der Waals surface area contributed by atoms with Gasteiger partial charge in [0.15, 0.2) is 28.8 Å². The van der Waals surface area contributed by atoms with E-state index in [1.807, 2.05) is 24.3 Å². The molecule has 0 spiro atoms. The Bertz CT molecular complexity index is 1470. The van der Waals surface area contributed by atoms with E-state index in [9.17, 15) is 13.6 Å². The van der Waals surface area contributed by atoms with E-state index in [0.717, 1.165) is 31.4 Å². The van der Waals surface area contributed by atoms with Gasteiger partial charge in [-0.15, -0.1) is 0 Å². The van der Waals surface area contributed by atoms with Crippen LogP contribution in [0.15, 0.2) is 48.5 Å². The van der Waals surface area contributed by atoms with Gasteiger partial charge in [0.2, 0.25) is 0 Å². The quantitative estimate of drug-likeness (QED) is 0.332. The normalized spacial score (nSPS) is 14.9. The molecule has 38 heavy (non-hydrogen) atoms. The number of anilines is 2. The molecule has 0 bridgehead atoms. The number of amides is 1. The minimum absolute atomic E-state index is 0.0300. The lowest BCUT2D eigenvalue weighted by Crippen LogP contribution is -2.57. The van der Waals surface area contributed by atoms with Crippen molar-refractivity contribution in [3.63, 3.8) is 0 Å². The Labute approximate surface area is 218 Å². The van der Waals surface area contributed by atoms with Crippen LogP contribution in [0.2, 0.25) is 0 Å². The number of hydrogen-bond acceptors (Lipinski definition) is 6. The molecule has 0 atom stereocenters. The molecule has 0 radical (unpaired) electrons. The van der Waals surface area contributed by atoms with Crippen molar-refractivity contribution in [3.05, 3.63) is 65.9 Å². The number of aromatic nitrogens is 2. The number of rotatable bonds is 6. The first-order valence-corrected chi connectivity index (χ1v) is 12.2. The van der Waals surface area contributed by atoms with Crippen LogP contribution in [0.3, 0.4) is 0 Å². The van der Waals surface area contributed by atoms with Crippen molar-refractivity contribution in [1.29, 1.82) is 0 Å². The number of methoxy groups -OCH3 is 2. The number of benzene rings is 3. The highest BCUT2D eigenvalue weighted by atomic mass is 19.1. The van der Waals surface area contributed by atoms with Crippen molar-refractivity contribution in [2.75, 3.05) is 44.1 Å². The molecule has 5 rings (SSSR count). The zero-order chi connectivity index (χ0) is 27.0. The topological polar surface area (TPSA) is 91.5 Å². The van der Waals surface area contributed by atoms with E-state index in [1.165, 1.54) is 26.4 Å². The maximum absolute atomic E-state index is 15.0. The van der Waals surface area contributed by atoms with Crippen molar-refractivity contribution in [1.82, 2.24) is 15.5 Å². The highest BCUT2D eigenvalue weighted by molar-refractivity contribution is 6.11. The summed E-state index contributed by atoms with van der Waals surface area (Å²) in [5.74, 6) is -2.39. The van der Waals surface area contributed by atoms with E-state index in [1.54, 1.807) is 6.07 Å². The first-order valence-electron chi connectivity index (χ1n) is 12.2. The summed E-state index contributed by atoms with van der Waals surface area (Å²) in [6.45, 7) is 7.05. The van der Waals surface area contributed by atoms with E-state index < -0.39 is 17.5 Å². The van der Waals surface area contributed by atoms with Crippen LogP contribution in [-0.4, -0.2) is 55.5 Å². The predicted molar refractivity (Wildman–Crippen MR) is 143 cm³/mol. The van der Waals surface area contributed by atoms with Gasteiger partial charge in [0.1, 0.15) is 0 Å². The molecule has 0 aliphatic carbocycles. The monoisotopic (exact) mass is 521 g/mol. The molecule has 0 unspecified atom stereocenters. The molecule has 1 aliphatic heterocycles. The van der Waals surface area contributed by atoms with Crippen molar-refractivity contribution < 1.29 is 23.0 Å². The maximum Gasteiger partial charge on any atom is 0.276 e. The largest absolute Gasteiger partial charge is 0.494 e. The molecule has 3 N–H and O–H groups in total. The summed E-state index contributed by atoms with van der Waals surface area (Å²) in [6, 6.07) is 13.5. The minimum atomic E-state index is -0.851. The average Bonchev–Trinajstić information content (AvgIpc) is 3.32. The third-order valence-corrected chi connectivity index (χ3v) is 6.70. The second-order valence-electron chi connectivity index (χ2n) is 9.85. The fourth-order valence-corrected chi connectivity index (χ4v) is 4.79. The summed E-state index contributed by atoms with van der Waals surface area (Å²) in [7, 11) is 2.59. The van der Waals surface area contributed by atoms with Crippen LogP contribution < -0.4 is 25.0 Å². The zero-order valence-corrected chi connectivity index (χ0v) is 21.6. The first kappa shape index (κ1) is 25.5. The number of hydrogen-bond donors (Lipinski definition) is 3. The average molecular weight is 522 g/mol. The van der Waals surface area contributed by atoms with E-state index in [0.29, 0.717) is 16.6 Å². The summed E-state index contributed by atoms with van der Waals surface area (Å²) in [5.41, 5.74) is 2.32. The van der Waals surface area contributed by atoms with Crippen LogP contribution in [0.5, 0.6) is 11.5 Å². The summed E-state index contributed by atoms with van der Waals surface area (Å²) in [4.78, 5) is 15.3.